The molecular weight excluding hydrogens is 365 g/mol. The Balaban J connectivity index is 1.87. The molecular formula is C15H11BrFN5O. The number of nitrogens with zero attached hydrogens (tertiary/aromatic N) is 4. The van der Waals surface area contributed by atoms with Gasteiger partial charge in [-0.05, 0) is 40.8 Å². The third-order valence-electron chi connectivity index (χ3n) is 3.17. The van der Waals surface area contributed by atoms with Gasteiger partial charge in [-0.3, -0.25) is 4.79 Å². The summed E-state index contributed by atoms with van der Waals surface area (Å²) in [6.45, 7) is 0. The highest BCUT2D eigenvalue weighted by Crippen LogP contribution is 2.21. The molecule has 1 aromatic heterocycles. The van der Waals surface area contributed by atoms with Crippen molar-refractivity contribution in [2.45, 2.75) is 0 Å². The minimum Gasteiger partial charge on any atom is -0.322 e. The topological polar surface area (TPSA) is 72.7 Å². The Hall–Kier alpha value is -2.61. The molecule has 1 N–H and O–H groups in total. The second-order valence-corrected chi connectivity index (χ2v) is 5.70. The van der Waals surface area contributed by atoms with E-state index in [0.717, 1.165) is 5.56 Å². The Bertz CT molecular complexity index is 880. The number of hydrogen-bond donors (Lipinski definition) is 1. The number of amides is 1. The largest absolute Gasteiger partial charge is 0.322 e. The molecule has 23 heavy (non-hydrogen) atoms. The fourth-order valence-electron chi connectivity index (χ4n) is 2.08. The molecule has 0 atom stereocenters. The maximum absolute atomic E-state index is 13.8. The molecule has 8 heteroatoms. The average molecular weight is 376 g/mol. The predicted molar refractivity (Wildman–Crippen MR) is 86.3 cm³/mol. The summed E-state index contributed by atoms with van der Waals surface area (Å²) < 4.78 is 15.9. The minimum absolute atomic E-state index is 0.0369. The first-order valence-corrected chi connectivity index (χ1v) is 7.43. The highest BCUT2D eigenvalue weighted by atomic mass is 79.9. The van der Waals surface area contributed by atoms with Gasteiger partial charge in [0.1, 0.15) is 5.82 Å². The van der Waals surface area contributed by atoms with Crippen LogP contribution in [0.15, 0.2) is 46.9 Å². The van der Waals surface area contributed by atoms with E-state index in [1.165, 1.54) is 22.9 Å². The highest BCUT2D eigenvalue weighted by molar-refractivity contribution is 9.10. The van der Waals surface area contributed by atoms with Crippen molar-refractivity contribution < 1.29 is 9.18 Å². The number of aryl methyl sites for hydroxylation is 1. The Labute approximate surface area is 139 Å². The van der Waals surface area contributed by atoms with Gasteiger partial charge in [0.25, 0.3) is 5.91 Å². The van der Waals surface area contributed by atoms with Crippen LogP contribution in [0, 0.1) is 5.82 Å². The van der Waals surface area contributed by atoms with E-state index in [0.29, 0.717) is 16.0 Å². The molecule has 0 saturated heterocycles. The summed E-state index contributed by atoms with van der Waals surface area (Å²) in [4.78, 5) is 12.2. The normalized spacial score (nSPS) is 10.6. The highest BCUT2D eigenvalue weighted by Gasteiger charge is 2.13. The Morgan fingerprint density at radius 1 is 1.26 bits per heavy atom. The van der Waals surface area contributed by atoms with Gasteiger partial charge in [0.2, 0.25) is 0 Å². The lowest BCUT2D eigenvalue weighted by molar-refractivity contribution is 0.102. The van der Waals surface area contributed by atoms with Crippen LogP contribution in [0.1, 0.15) is 10.4 Å². The van der Waals surface area contributed by atoms with Crippen molar-refractivity contribution in [3.05, 3.63) is 58.3 Å². The SMILES string of the molecule is Cn1nnnc1-c1cccc(NC(=O)c2cc(Br)ccc2F)c1. The van der Waals surface area contributed by atoms with Gasteiger partial charge in [0.05, 0.1) is 5.56 Å². The number of carbonyl (C=O) groups excluding carboxylic acids is 1. The second-order valence-electron chi connectivity index (χ2n) is 4.79. The first kappa shape index (κ1) is 15.3. The maximum atomic E-state index is 13.8. The minimum atomic E-state index is -0.584. The van der Waals surface area contributed by atoms with Crippen molar-refractivity contribution in [3.8, 4) is 11.4 Å². The zero-order valence-corrected chi connectivity index (χ0v) is 13.6. The van der Waals surface area contributed by atoms with Gasteiger partial charge in [-0.25, -0.2) is 9.07 Å². The molecule has 3 aromatic rings. The van der Waals surface area contributed by atoms with Crippen LogP contribution < -0.4 is 5.32 Å². The molecule has 0 bridgehead atoms. The fraction of sp³-hybridized carbons (Fsp3) is 0.0667. The third-order valence-corrected chi connectivity index (χ3v) is 3.67. The standard InChI is InChI=1S/C15H11BrFN5O/c1-22-14(19-20-21-22)9-3-2-4-11(7-9)18-15(23)12-8-10(16)5-6-13(12)17/h2-8H,1H3,(H,18,23). The summed E-state index contributed by atoms with van der Waals surface area (Å²) in [5.41, 5.74) is 1.23. The molecule has 0 radical (unpaired) electrons. The summed E-state index contributed by atoms with van der Waals surface area (Å²) in [6, 6.07) is 11.2. The van der Waals surface area contributed by atoms with Gasteiger partial charge in [0.15, 0.2) is 5.82 Å². The van der Waals surface area contributed by atoms with E-state index in [9.17, 15) is 9.18 Å². The van der Waals surface area contributed by atoms with E-state index >= 15 is 0 Å². The molecule has 0 spiro atoms. The molecule has 0 aliphatic carbocycles. The molecule has 0 fully saturated rings. The van der Waals surface area contributed by atoms with Crippen LogP contribution in [-0.2, 0) is 7.05 Å². The maximum Gasteiger partial charge on any atom is 0.258 e. The lowest BCUT2D eigenvalue weighted by Gasteiger charge is -2.08. The molecule has 1 amide bonds. The van der Waals surface area contributed by atoms with Crippen LogP contribution in [0.5, 0.6) is 0 Å². The number of hydrogen-bond acceptors (Lipinski definition) is 4. The van der Waals surface area contributed by atoms with Gasteiger partial charge in [0, 0.05) is 22.8 Å². The molecule has 1 heterocycles. The molecule has 0 unspecified atom stereocenters. The second kappa shape index (κ2) is 6.25. The zero-order chi connectivity index (χ0) is 16.4. The van der Waals surface area contributed by atoms with E-state index in [-0.39, 0.29) is 5.56 Å². The summed E-state index contributed by atoms with van der Waals surface area (Å²) in [5.74, 6) is -0.550. The summed E-state index contributed by atoms with van der Waals surface area (Å²) in [5, 5.41) is 13.9. The van der Waals surface area contributed by atoms with Crippen LogP contribution in [0.25, 0.3) is 11.4 Å². The van der Waals surface area contributed by atoms with E-state index in [2.05, 4.69) is 36.8 Å². The molecule has 116 valence electrons. The van der Waals surface area contributed by atoms with Gasteiger partial charge < -0.3 is 5.32 Å². The van der Waals surface area contributed by atoms with Crippen LogP contribution in [0.4, 0.5) is 10.1 Å². The van der Waals surface area contributed by atoms with Crippen LogP contribution >= 0.6 is 15.9 Å². The van der Waals surface area contributed by atoms with Gasteiger partial charge in [-0.1, -0.05) is 28.1 Å². The van der Waals surface area contributed by atoms with Crippen molar-refractivity contribution in [2.75, 3.05) is 5.32 Å². The third kappa shape index (κ3) is 3.26. The monoisotopic (exact) mass is 375 g/mol. The molecule has 6 nitrogen and oxygen atoms in total. The molecule has 2 aromatic carbocycles. The number of rotatable bonds is 3. The number of nitrogens with one attached hydrogen (secondary N) is 1. The fourth-order valence-corrected chi connectivity index (χ4v) is 2.44. The molecule has 0 aliphatic heterocycles. The number of carbonyl (C=O) groups is 1. The number of anilines is 1. The van der Waals surface area contributed by atoms with Crippen molar-refractivity contribution >= 4 is 27.5 Å². The van der Waals surface area contributed by atoms with Gasteiger partial charge >= 0.3 is 0 Å². The number of aromatic nitrogens is 4. The lowest BCUT2D eigenvalue weighted by Crippen LogP contribution is -2.13. The van der Waals surface area contributed by atoms with Crippen molar-refractivity contribution in [1.82, 2.24) is 20.2 Å². The lowest BCUT2D eigenvalue weighted by atomic mass is 10.1. The van der Waals surface area contributed by atoms with Crippen molar-refractivity contribution in [1.29, 1.82) is 0 Å². The van der Waals surface area contributed by atoms with E-state index in [1.807, 2.05) is 6.07 Å². The molecule has 0 saturated carbocycles. The number of tetrazole rings is 1. The first-order chi connectivity index (χ1) is 11.0. The van der Waals surface area contributed by atoms with Gasteiger partial charge in [-0.2, -0.15) is 0 Å². The number of benzene rings is 2. The van der Waals surface area contributed by atoms with Crippen LogP contribution in [0.3, 0.4) is 0 Å². The van der Waals surface area contributed by atoms with E-state index in [4.69, 9.17) is 0 Å². The zero-order valence-electron chi connectivity index (χ0n) is 12.0. The van der Waals surface area contributed by atoms with Crippen molar-refractivity contribution in [2.24, 2.45) is 7.05 Å². The number of halogens is 2. The summed E-state index contributed by atoms with van der Waals surface area (Å²) >= 11 is 3.22. The van der Waals surface area contributed by atoms with E-state index < -0.39 is 11.7 Å². The summed E-state index contributed by atoms with van der Waals surface area (Å²) in [7, 11) is 1.72. The van der Waals surface area contributed by atoms with Gasteiger partial charge in [-0.15, -0.1) is 5.10 Å². The molecule has 0 aliphatic rings. The Morgan fingerprint density at radius 3 is 2.83 bits per heavy atom. The predicted octanol–water partition coefficient (Wildman–Crippen LogP) is 3.03. The van der Waals surface area contributed by atoms with Crippen LogP contribution in [-0.4, -0.2) is 26.1 Å². The Kier molecular flexibility index (Phi) is 4.16. The average Bonchev–Trinajstić information content (AvgIpc) is 2.96. The quantitative estimate of drug-likeness (QED) is 0.763. The van der Waals surface area contributed by atoms with Crippen LogP contribution in [0.2, 0.25) is 0 Å². The first-order valence-electron chi connectivity index (χ1n) is 6.64. The van der Waals surface area contributed by atoms with Crippen molar-refractivity contribution in [3.63, 3.8) is 0 Å². The Morgan fingerprint density at radius 2 is 2.09 bits per heavy atom. The molecule has 3 rings (SSSR count). The smallest absolute Gasteiger partial charge is 0.258 e. The summed E-state index contributed by atoms with van der Waals surface area (Å²) in [6.07, 6.45) is 0. The van der Waals surface area contributed by atoms with E-state index in [1.54, 1.807) is 25.2 Å².